The summed E-state index contributed by atoms with van der Waals surface area (Å²) in [5.74, 6) is 0.606. The van der Waals surface area contributed by atoms with E-state index >= 15 is 0 Å². The SMILES string of the molecule is CCCCCCNc1ccc(NC(=O)OC(C)(C)C)c(OC)c1. The molecule has 0 aromatic heterocycles. The van der Waals surface area contributed by atoms with E-state index in [4.69, 9.17) is 9.47 Å². The van der Waals surface area contributed by atoms with Crippen molar-refractivity contribution in [1.29, 1.82) is 0 Å². The van der Waals surface area contributed by atoms with E-state index in [1.807, 2.05) is 39.0 Å². The van der Waals surface area contributed by atoms with Crippen LogP contribution in [0.1, 0.15) is 53.4 Å². The third kappa shape index (κ3) is 7.77. The standard InChI is InChI=1S/C18H30N2O3/c1-6-7-8-9-12-19-14-10-11-15(16(13-14)22-5)20-17(21)23-18(2,3)4/h10-11,13,19H,6-9,12H2,1-5H3,(H,20,21). The predicted molar refractivity (Wildman–Crippen MR) is 95.5 cm³/mol. The Hall–Kier alpha value is -1.91. The van der Waals surface area contributed by atoms with Gasteiger partial charge in [-0.3, -0.25) is 5.32 Å². The van der Waals surface area contributed by atoms with Gasteiger partial charge in [0.25, 0.3) is 0 Å². The molecule has 0 atom stereocenters. The van der Waals surface area contributed by atoms with Crippen LogP contribution < -0.4 is 15.4 Å². The van der Waals surface area contributed by atoms with Crippen LogP contribution in [0.15, 0.2) is 18.2 Å². The first kappa shape index (κ1) is 19.1. The Labute approximate surface area is 139 Å². The van der Waals surface area contributed by atoms with Crippen LogP contribution in [0.5, 0.6) is 5.75 Å². The number of hydrogen-bond acceptors (Lipinski definition) is 4. The number of benzene rings is 1. The second-order valence-corrected chi connectivity index (χ2v) is 6.53. The van der Waals surface area contributed by atoms with Gasteiger partial charge in [-0.25, -0.2) is 4.79 Å². The smallest absolute Gasteiger partial charge is 0.412 e. The molecule has 0 aliphatic heterocycles. The van der Waals surface area contributed by atoms with Crippen molar-refractivity contribution in [3.63, 3.8) is 0 Å². The van der Waals surface area contributed by atoms with E-state index in [1.165, 1.54) is 19.3 Å². The Kier molecular flexibility index (Phi) is 7.72. The lowest BCUT2D eigenvalue weighted by molar-refractivity contribution is 0.0635. The van der Waals surface area contributed by atoms with Crippen LogP contribution in [0, 0.1) is 0 Å². The molecular formula is C18H30N2O3. The highest BCUT2D eigenvalue weighted by molar-refractivity contribution is 5.87. The highest BCUT2D eigenvalue weighted by atomic mass is 16.6. The van der Waals surface area contributed by atoms with E-state index in [0.717, 1.165) is 18.7 Å². The summed E-state index contributed by atoms with van der Waals surface area (Å²) in [4.78, 5) is 11.8. The molecule has 2 N–H and O–H groups in total. The van der Waals surface area contributed by atoms with E-state index < -0.39 is 11.7 Å². The summed E-state index contributed by atoms with van der Waals surface area (Å²) in [6.07, 6.45) is 4.39. The second-order valence-electron chi connectivity index (χ2n) is 6.53. The summed E-state index contributed by atoms with van der Waals surface area (Å²) < 4.78 is 10.6. The third-order valence-electron chi connectivity index (χ3n) is 3.20. The third-order valence-corrected chi connectivity index (χ3v) is 3.20. The van der Waals surface area contributed by atoms with Crippen LogP contribution >= 0.6 is 0 Å². The average Bonchev–Trinajstić information content (AvgIpc) is 2.46. The molecule has 130 valence electrons. The van der Waals surface area contributed by atoms with Gasteiger partial charge in [0.05, 0.1) is 12.8 Å². The van der Waals surface area contributed by atoms with Crippen molar-refractivity contribution in [2.45, 2.75) is 59.0 Å². The van der Waals surface area contributed by atoms with Crippen molar-refractivity contribution in [3.05, 3.63) is 18.2 Å². The van der Waals surface area contributed by atoms with Gasteiger partial charge in [0.15, 0.2) is 0 Å². The quantitative estimate of drug-likeness (QED) is 0.659. The van der Waals surface area contributed by atoms with Crippen LogP contribution in [0.2, 0.25) is 0 Å². The van der Waals surface area contributed by atoms with Gasteiger partial charge in [-0.15, -0.1) is 0 Å². The lowest BCUT2D eigenvalue weighted by atomic mass is 10.2. The Morgan fingerprint density at radius 2 is 1.91 bits per heavy atom. The van der Waals surface area contributed by atoms with Crippen molar-refractivity contribution in [2.24, 2.45) is 0 Å². The van der Waals surface area contributed by atoms with Crippen molar-refractivity contribution < 1.29 is 14.3 Å². The molecule has 0 bridgehead atoms. The molecule has 1 amide bonds. The molecule has 23 heavy (non-hydrogen) atoms. The molecule has 0 spiro atoms. The number of rotatable bonds is 8. The lowest BCUT2D eigenvalue weighted by Gasteiger charge is -2.20. The molecule has 1 aromatic carbocycles. The van der Waals surface area contributed by atoms with Crippen LogP contribution in [0.25, 0.3) is 0 Å². The van der Waals surface area contributed by atoms with E-state index in [0.29, 0.717) is 11.4 Å². The molecular weight excluding hydrogens is 292 g/mol. The largest absolute Gasteiger partial charge is 0.494 e. The van der Waals surface area contributed by atoms with Crippen molar-refractivity contribution >= 4 is 17.5 Å². The van der Waals surface area contributed by atoms with Gasteiger partial charge in [0, 0.05) is 18.3 Å². The highest BCUT2D eigenvalue weighted by Crippen LogP contribution is 2.28. The van der Waals surface area contributed by atoms with E-state index in [1.54, 1.807) is 7.11 Å². The molecule has 0 unspecified atom stereocenters. The molecule has 0 aliphatic rings. The fourth-order valence-corrected chi connectivity index (χ4v) is 2.10. The summed E-state index contributed by atoms with van der Waals surface area (Å²) in [5, 5.41) is 6.09. The molecule has 0 heterocycles. The van der Waals surface area contributed by atoms with Gasteiger partial charge in [-0.2, -0.15) is 0 Å². The minimum absolute atomic E-state index is 0.490. The highest BCUT2D eigenvalue weighted by Gasteiger charge is 2.17. The Morgan fingerprint density at radius 3 is 2.52 bits per heavy atom. The van der Waals surface area contributed by atoms with Gasteiger partial charge in [0.1, 0.15) is 11.4 Å². The number of nitrogens with one attached hydrogen (secondary N) is 2. The molecule has 5 nitrogen and oxygen atoms in total. The molecule has 0 saturated carbocycles. The molecule has 1 aromatic rings. The lowest BCUT2D eigenvalue weighted by Crippen LogP contribution is -2.27. The topological polar surface area (TPSA) is 59.6 Å². The van der Waals surface area contributed by atoms with Crippen LogP contribution in [-0.2, 0) is 4.74 Å². The zero-order valence-corrected chi connectivity index (χ0v) is 15.0. The minimum Gasteiger partial charge on any atom is -0.494 e. The molecule has 5 heteroatoms. The number of hydrogen-bond donors (Lipinski definition) is 2. The van der Waals surface area contributed by atoms with Crippen LogP contribution in [-0.4, -0.2) is 25.3 Å². The molecule has 0 radical (unpaired) electrons. The first-order valence-corrected chi connectivity index (χ1v) is 8.27. The van der Waals surface area contributed by atoms with E-state index in [9.17, 15) is 4.79 Å². The van der Waals surface area contributed by atoms with Crippen molar-refractivity contribution in [2.75, 3.05) is 24.3 Å². The maximum atomic E-state index is 11.8. The zero-order valence-electron chi connectivity index (χ0n) is 15.0. The second kappa shape index (κ2) is 9.28. The molecule has 0 fully saturated rings. The summed E-state index contributed by atoms with van der Waals surface area (Å²) in [6, 6.07) is 5.62. The molecule has 0 aliphatic carbocycles. The summed E-state index contributed by atoms with van der Waals surface area (Å²) in [6.45, 7) is 8.62. The van der Waals surface area contributed by atoms with Gasteiger partial charge < -0.3 is 14.8 Å². The number of amides is 1. The summed E-state index contributed by atoms with van der Waals surface area (Å²) >= 11 is 0. The van der Waals surface area contributed by atoms with Crippen molar-refractivity contribution in [3.8, 4) is 5.75 Å². The number of carbonyl (C=O) groups is 1. The number of anilines is 2. The Balaban J connectivity index is 2.60. The van der Waals surface area contributed by atoms with Gasteiger partial charge in [-0.05, 0) is 39.3 Å². The number of ether oxygens (including phenoxy) is 2. The number of unbranched alkanes of at least 4 members (excludes halogenated alkanes) is 3. The van der Waals surface area contributed by atoms with Gasteiger partial charge in [-0.1, -0.05) is 26.2 Å². The van der Waals surface area contributed by atoms with Gasteiger partial charge >= 0.3 is 6.09 Å². The minimum atomic E-state index is -0.530. The summed E-state index contributed by atoms with van der Waals surface area (Å²) in [5.41, 5.74) is 1.04. The zero-order chi connectivity index (χ0) is 17.3. The Bertz CT molecular complexity index is 496. The first-order valence-electron chi connectivity index (χ1n) is 8.27. The average molecular weight is 322 g/mol. The maximum Gasteiger partial charge on any atom is 0.412 e. The predicted octanol–water partition coefficient (Wildman–Crippen LogP) is 5.03. The van der Waals surface area contributed by atoms with E-state index in [-0.39, 0.29) is 0 Å². The Morgan fingerprint density at radius 1 is 1.17 bits per heavy atom. The number of carbonyl (C=O) groups excluding carboxylic acids is 1. The number of methoxy groups -OCH3 is 1. The van der Waals surface area contributed by atoms with Crippen LogP contribution in [0.4, 0.5) is 16.2 Å². The fourth-order valence-electron chi connectivity index (χ4n) is 2.10. The fraction of sp³-hybridized carbons (Fsp3) is 0.611. The summed E-state index contributed by atoms with van der Waals surface area (Å²) in [7, 11) is 1.58. The van der Waals surface area contributed by atoms with Gasteiger partial charge in [0.2, 0.25) is 0 Å². The molecule has 1 rings (SSSR count). The normalized spacial score (nSPS) is 11.0. The monoisotopic (exact) mass is 322 g/mol. The molecule has 0 saturated heterocycles. The first-order chi connectivity index (χ1) is 10.9. The van der Waals surface area contributed by atoms with E-state index in [2.05, 4.69) is 17.6 Å². The maximum absolute atomic E-state index is 11.8. The van der Waals surface area contributed by atoms with Crippen LogP contribution in [0.3, 0.4) is 0 Å². The van der Waals surface area contributed by atoms with Crippen molar-refractivity contribution in [1.82, 2.24) is 0 Å².